The van der Waals surface area contributed by atoms with Crippen LogP contribution in [0.1, 0.15) is 28.7 Å². The van der Waals surface area contributed by atoms with Gasteiger partial charge in [0.2, 0.25) is 6.79 Å². The number of phenolic OH excluding ortho intramolecular Hbond substituents is 2. The van der Waals surface area contributed by atoms with Crippen molar-refractivity contribution in [2.24, 2.45) is 0 Å². The molecule has 0 radical (unpaired) electrons. The number of aromatic hydroxyl groups is 2. The molecule has 0 fully saturated rings. The number of ether oxygens (including phenoxy) is 2. The lowest BCUT2D eigenvalue weighted by Gasteiger charge is -2.42. The van der Waals surface area contributed by atoms with Crippen molar-refractivity contribution in [2.75, 3.05) is 6.79 Å². The van der Waals surface area contributed by atoms with Gasteiger partial charge in [-0.05, 0) is 41.8 Å². The fraction of sp³-hybridized carbons (Fsp3) is 0.250. The second-order valence-electron chi connectivity index (χ2n) is 6.98. The molecule has 0 aromatic heterocycles. The standard InChI is InChI=1S/C20H17NO6/c22-16-2-1-10-4-15-13-7-18-17(26-9-27-18)5-11(13)3-12(6-19(23)24)21(15)8-14(10)20(16)25/h1-2,4-5,7,12,22,25H,3,6,8-9H2,(H,23,24). The van der Waals surface area contributed by atoms with Crippen molar-refractivity contribution in [1.82, 2.24) is 4.90 Å². The number of hydrogen-bond acceptors (Lipinski definition) is 6. The number of benzene rings is 2. The zero-order valence-electron chi connectivity index (χ0n) is 14.3. The monoisotopic (exact) mass is 367 g/mol. The molecule has 7 heteroatoms. The van der Waals surface area contributed by atoms with E-state index < -0.39 is 5.97 Å². The van der Waals surface area contributed by atoms with Gasteiger partial charge in [0.1, 0.15) is 0 Å². The molecule has 0 amide bonds. The molecule has 2 aromatic rings. The van der Waals surface area contributed by atoms with Gasteiger partial charge in [0.15, 0.2) is 23.0 Å². The van der Waals surface area contributed by atoms with E-state index in [1.165, 1.54) is 6.07 Å². The number of carbonyl (C=O) groups is 1. The molecule has 3 heterocycles. The van der Waals surface area contributed by atoms with Gasteiger partial charge in [-0.3, -0.25) is 4.79 Å². The van der Waals surface area contributed by atoms with Crippen molar-refractivity contribution >= 4 is 17.7 Å². The predicted molar refractivity (Wildman–Crippen MR) is 95.5 cm³/mol. The summed E-state index contributed by atoms with van der Waals surface area (Å²) in [6, 6.07) is 6.80. The number of fused-ring (bicyclic) bond motifs is 5. The van der Waals surface area contributed by atoms with Crippen LogP contribution in [-0.2, 0) is 17.8 Å². The molecule has 1 atom stereocenters. The molecule has 3 aliphatic rings. The molecule has 0 saturated carbocycles. The molecule has 5 rings (SSSR count). The number of rotatable bonds is 2. The minimum atomic E-state index is -0.880. The van der Waals surface area contributed by atoms with Gasteiger partial charge in [-0.1, -0.05) is 6.07 Å². The topological polar surface area (TPSA) is 99.5 Å². The zero-order chi connectivity index (χ0) is 18.7. The van der Waals surface area contributed by atoms with E-state index in [1.807, 2.05) is 23.1 Å². The third-order valence-corrected chi connectivity index (χ3v) is 5.41. The first-order valence-electron chi connectivity index (χ1n) is 8.68. The van der Waals surface area contributed by atoms with Crippen LogP contribution in [0.4, 0.5) is 0 Å². The highest BCUT2D eigenvalue weighted by molar-refractivity contribution is 5.87. The Morgan fingerprint density at radius 3 is 2.74 bits per heavy atom. The van der Waals surface area contributed by atoms with Crippen LogP contribution in [0.2, 0.25) is 0 Å². The van der Waals surface area contributed by atoms with Crippen LogP contribution in [0, 0.1) is 0 Å². The van der Waals surface area contributed by atoms with Gasteiger partial charge in [-0.25, -0.2) is 0 Å². The normalized spacial score (nSPS) is 19.0. The fourth-order valence-corrected chi connectivity index (χ4v) is 4.12. The van der Waals surface area contributed by atoms with Gasteiger partial charge in [-0.15, -0.1) is 0 Å². The number of carboxylic acid groups (broad SMARTS) is 1. The van der Waals surface area contributed by atoms with E-state index in [9.17, 15) is 20.1 Å². The maximum atomic E-state index is 11.4. The minimum Gasteiger partial charge on any atom is -0.504 e. The second-order valence-corrected chi connectivity index (χ2v) is 6.98. The molecule has 0 saturated heterocycles. The van der Waals surface area contributed by atoms with E-state index in [4.69, 9.17) is 9.47 Å². The summed E-state index contributed by atoms with van der Waals surface area (Å²) < 4.78 is 11.0. The van der Waals surface area contributed by atoms with E-state index in [-0.39, 0.29) is 30.8 Å². The smallest absolute Gasteiger partial charge is 0.305 e. The third-order valence-electron chi connectivity index (χ3n) is 5.41. The van der Waals surface area contributed by atoms with E-state index in [0.717, 1.165) is 22.4 Å². The highest BCUT2D eigenvalue weighted by atomic mass is 16.7. The summed E-state index contributed by atoms with van der Waals surface area (Å²) in [5.41, 5.74) is 4.27. The van der Waals surface area contributed by atoms with E-state index in [0.29, 0.717) is 30.0 Å². The van der Waals surface area contributed by atoms with Gasteiger partial charge in [0.05, 0.1) is 6.42 Å². The van der Waals surface area contributed by atoms with Crippen molar-refractivity contribution < 1.29 is 29.6 Å². The van der Waals surface area contributed by atoms with Crippen LogP contribution in [-0.4, -0.2) is 39.0 Å². The fourth-order valence-electron chi connectivity index (χ4n) is 4.12. The molecule has 0 aliphatic carbocycles. The first-order valence-corrected chi connectivity index (χ1v) is 8.68. The van der Waals surface area contributed by atoms with Crippen molar-refractivity contribution in [3.05, 3.63) is 46.5 Å². The van der Waals surface area contributed by atoms with Gasteiger partial charge >= 0.3 is 5.97 Å². The number of carboxylic acids is 1. The van der Waals surface area contributed by atoms with Crippen molar-refractivity contribution in [2.45, 2.75) is 25.4 Å². The molecule has 0 spiro atoms. The Morgan fingerprint density at radius 2 is 1.96 bits per heavy atom. The molecule has 138 valence electrons. The molecule has 3 aliphatic heterocycles. The Labute approximate surface area is 154 Å². The predicted octanol–water partition coefficient (Wildman–Crippen LogP) is 2.54. The van der Waals surface area contributed by atoms with Crippen LogP contribution in [0.25, 0.3) is 11.8 Å². The summed E-state index contributed by atoms with van der Waals surface area (Å²) >= 11 is 0. The quantitative estimate of drug-likeness (QED) is 0.702. The molecule has 27 heavy (non-hydrogen) atoms. The van der Waals surface area contributed by atoms with Crippen molar-refractivity contribution in [1.29, 1.82) is 0 Å². The molecular weight excluding hydrogens is 350 g/mol. The number of hydrogen-bond donors (Lipinski definition) is 3. The summed E-state index contributed by atoms with van der Waals surface area (Å²) in [4.78, 5) is 13.4. The van der Waals surface area contributed by atoms with E-state index in [1.54, 1.807) is 6.07 Å². The molecule has 7 nitrogen and oxygen atoms in total. The Hall–Kier alpha value is -3.35. The molecule has 2 aromatic carbocycles. The maximum Gasteiger partial charge on any atom is 0.305 e. The van der Waals surface area contributed by atoms with Gasteiger partial charge < -0.3 is 29.7 Å². The summed E-state index contributed by atoms with van der Waals surface area (Å²) in [7, 11) is 0. The Kier molecular flexibility index (Phi) is 3.28. The molecule has 0 bridgehead atoms. The maximum absolute atomic E-state index is 11.4. The summed E-state index contributed by atoms with van der Waals surface area (Å²) in [5, 5.41) is 29.5. The van der Waals surface area contributed by atoms with E-state index >= 15 is 0 Å². The third kappa shape index (κ3) is 2.38. The average Bonchev–Trinajstić information content (AvgIpc) is 3.09. The lowest BCUT2D eigenvalue weighted by Crippen LogP contribution is -2.41. The summed E-state index contributed by atoms with van der Waals surface area (Å²) in [5.74, 6) is 0.130. The molecular formula is C20H17NO6. The number of aliphatic carboxylic acids is 1. The van der Waals surface area contributed by atoms with Crippen LogP contribution in [0.3, 0.4) is 0 Å². The van der Waals surface area contributed by atoms with Crippen LogP contribution in [0.15, 0.2) is 24.3 Å². The van der Waals surface area contributed by atoms with Crippen molar-refractivity contribution in [3.8, 4) is 23.0 Å². The van der Waals surface area contributed by atoms with E-state index in [2.05, 4.69) is 0 Å². The highest BCUT2D eigenvalue weighted by Gasteiger charge is 2.36. The zero-order valence-corrected chi connectivity index (χ0v) is 14.3. The minimum absolute atomic E-state index is 0.0276. The van der Waals surface area contributed by atoms with Crippen LogP contribution in [0.5, 0.6) is 23.0 Å². The second kappa shape index (κ2) is 5.57. The SMILES string of the molecule is O=C(O)CC1Cc2cc3c(cc2C2=Cc4ccc(O)c(O)c4CN21)OCO3. The highest BCUT2D eigenvalue weighted by Crippen LogP contribution is 2.46. The molecule has 1 unspecified atom stereocenters. The lowest BCUT2D eigenvalue weighted by atomic mass is 9.85. The van der Waals surface area contributed by atoms with Crippen molar-refractivity contribution in [3.63, 3.8) is 0 Å². The largest absolute Gasteiger partial charge is 0.504 e. The van der Waals surface area contributed by atoms with Crippen LogP contribution < -0.4 is 9.47 Å². The Balaban J connectivity index is 1.69. The summed E-state index contributed by atoms with van der Waals surface area (Å²) in [6.07, 6.45) is 2.44. The average molecular weight is 367 g/mol. The summed E-state index contributed by atoms with van der Waals surface area (Å²) in [6.45, 7) is 0.503. The van der Waals surface area contributed by atoms with Gasteiger partial charge in [-0.2, -0.15) is 0 Å². The van der Waals surface area contributed by atoms with Crippen LogP contribution >= 0.6 is 0 Å². The number of phenols is 2. The van der Waals surface area contributed by atoms with Gasteiger partial charge in [0, 0.05) is 29.4 Å². The Bertz CT molecular complexity index is 1010. The first-order chi connectivity index (χ1) is 13.0. The first kappa shape index (κ1) is 15.9. The lowest BCUT2D eigenvalue weighted by molar-refractivity contribution is -0.138. The number of nitrogens with zero attached hydrogens (tertiary/aromatic N) is 1. The van der Waals surface area contributed by atoms with Gasteiger partial charge in [0.25, 0.3) is 0 Å². The molecule has 3 N–H and O–H groups in total. The Morgan fingerprint density at radius 1 is 1.19 bits per heavy atom.